The number of nitrogens with two attached hydrogens (primary N) is 1. The molecule has 5 N–H and O–H groups in total. The fourth-order valence-corrected chi connectivity index (χ4v) is 1.92. The van der Waals surface area contributed by atoms with Crippen LogP contribution in [0.1, 0.15) is 22.0 Å². The van der Waals surface area contributed by atoms with Gasteiger partial charge in [0.1, 0.15) is 6.10 Å². The van der Waals surface area contributed by atoms with Crippen LogP contribution in [0, 0.1) is 0 Å². The zero-order valence-corrected chi connectivity index (χ0v) is 9.13. The molecule has 0 fully saturated rings. The molecule has 5 heteroatoms. The number of aldehydes is 1. The predicted octanol–water partition coefficient (Wildman–Crippen LogP) is 0.333. The largest absolute Gasteiger partial charge is 0.389 e. The van der Waals surface area contributed by atoms with E-state index < -0.39 is 12.2 Å². The summed E-state index contributed by atoms with van der Waals surface area (Å²) in [6.07, 6.45) is 0.139. The third-order valence-corrected chi connectivity index (χ3v) is 2.82. The lowest BCUT2D eigenvalue weighted by Gasteiger charge is -2.17. The third-order valence-electron chi connectivity index (χ3n) is 2.82. The first kappa shape index (κ1) is 11.8. The number of carbonyl (C=O) groups excluding carboxylic acids is 1. The van der Waals surface area contributed by atoms with Gasteiger partial charge in [-0.25, -0.2) is 0 Å². The summed E-state index contributed by atoms with van der Waals surface area (Å²) in [4.78, 5) is 13.8. The van der Waals surface area contributed by atoms with Gasteiger partial charge in [0.25, 0.3) is 0 Å². The van der Waals surface area contributed by atoms with Gasteiger partial charge in [0.05, 0.1) is 6.10 Å². The Morgan fingerprint density at radius 3 is 2.82 bits per heavy atom. The summed E-state index contributed by atoms with van der Waals surface area (Å²) in [5.41, 5.74) is 7.02. The van der Waals surface area contributed by atoms with Crippen molar-refractivity contribution in [1.82, 2.24) is 4.98 Å². The molecule has 0 aliphatic heterocycles. The number of aliphatic hydroxyl groups is 2. The molecule has 2 atom stereocenters. The Kier molecular flexibility index (Phi) is 3.23. The number of nitrogens with one attached hydrogen (secondary N) is 1. The molecule has 0 radical (unpaired) electrons. The SMILES string of the molecule is NCC(O)C(O)c1cccc2[nH]cc(C=O)c12. The van der Waals surface area contributed by atoms with Crippen molar-refractivity contribution in [3.05, 3.63) is 35.5 Å². The van der Waals surface area contributed by atoms with Gasteiger partial charge in [-0.15, -0.1) is 0 Å². The van der Waals surface area contributed by atoms with E-state index in [2.05, 4.69) is 4.98 Å². The monoisotopic (exact) mass is 234 g/mol. The Balaban J connectivity index is 2.60. The van der Waals surface area contributed by atoms with Crippen LogP contribution < -0.4 is 5.73 Å². The van der Waals surface area contributed by atoms with Crippen LogP contribution in [0.5, 0.6) is 0 Å². The summed E-state index contributed by atoms with van der Waals surface area (Å²) in [7, 11) is 0. The average Bonchev–Trinajstić information content (AvgIpc) is 2.79. The van der Waals surface area contributed by atoms with Gasteiger partial charge in [-0.05, 0) is 11.6 Å². The van der Waals surface area contributed by atoms with Gasteiger partial charge in [0.15, 0.2) is 6.29 Å². The third kappa shape index (κ3) is 1.95. The lowest BCUT2D eigenvalue weighted by atomic mass is 9.98. The predicted molar refractivity (Wildman–Crippen MR) is 63.7 cm³/mol. The Bertz CT molecular complexity index is 536. The van der Waals surface area contributed by atoms with Crippen molar-refractivity contribution in [1.29, 1.82) is 0 Å². The molecule has 0 saturated carbocycles. The van der Waals surface area contributed by atoms with Crippen molar-refractivity contribution in [2.24, 2.45) is 5.73 Å². The quantitative estimate of drug-likeness (QED) is 0.573. The maximum atomic E-state index is 10.9. The van der Waals surface area contributed by atoms with E-state index in [9.17, 15) is 15.0 Å². The summed E-state index contributed by atoms with van der Waals surface area (Å²) < 4.78 is 0. The van der Waals surface area contributed by atoms with Crippen LogP contribution >= 0.6 is 0 Å². The minimum atomic E-state index is -1.10. The number of hydrogen-bond acceptors (Lipinski definition) is 4. The molecule has 2 unspecified atom stereocenters. The molecule has 5 nitrogen and oxygen atoms in total. The average molecular weight is 234 g/mol. The van der Waals surface area contributed by atoms with E-state index in [0.29, 0.717) is 22.8 Å². The van der Waals surface area contributed by atoms with Crippen LogP contribution in [-0.4, -0.2) is 34.1 Å². The van der Waals surface area contributed by atoms with Gasteiger partial charge in [-0.1, -0.05) is 12.1 Å². The highest BCUT2D eigenvalue weighted by atomic mass is 16.3. The van der Waals surface area contributed by atoms with Crippen molar-refractivity contribution < 1.29 is 15.0 Å². The van der Waals surface area contributed by atoms with Crippen LogP contribution in [0.2, 0.25) is 0 Å². The molecule has 0 saturated heterocycles. The molecule has 1 aromatic carbocycles. The molecule has 2 rings (SSSR count). The maximum absolute atomic E-state index is 10.9. The molecule has 90 valence electrons. The van der Waals surface area contributed by atoms with Gasteiger partial charge in [0.2, 0.25) is 0 Å². The summed E-state index contributed by atoms with van der Waals surface area (Å²) in [6, 6.07) is 5.22. The first-order valence-electron chi connectivity index (χ1n) is 5.30. The minimum Gasteiger partial charge on any atom is -0.389 e. The van der Waals surface area contributed by atoms with E-state index in [1.807, 2.05) is 0 Å². The molecule has 0 aliphatic carbocycles. The van der Waals surface area contributed by atoms with E-state index >= 15 is 0 Å². The van der Waals surface area contributed by atoms with Gasteiger partial charge < -0.3 is 20.9 Å². The van der Waals surface area contributed by atoms with Gasteiger partial charge in [-0.3, -0.25) is 4.79 Å². The summed E-state index contributed by atoms with van der Waals surface area (Å²) in [5.74, 6) is 0. The zero-order chi connectivity index (χ0) is 12.4. The van der Waals surface area contributed by atoms with E-state index in [0.717, 1.165) is 5.52 Å². The van der Waals surface area contributed by atoms with Crippen molar-refractivity contribution in [2.75, 3.05) is 6.54 Å². The first-order valence-corrected chi connectivity index (χ1v) is 5.30. The number of benzene rings is 1. The van der Waals surface area contributed by atoms with Crippen molar-refractivity contribution in [3.8, 4) is 0 Å². The number of rotatable bonds is 4. The maximum Gasteiger partial charge on any atom is 0.152 e. The Labute approximate surface area is 97.9 Å². The molecule has 1 heterocycles. The lowest BCUT2D eigenvalue weighted by molar-refractivity contribution is 0.0252. The lowest BCUT2D eigenvalue weighted by Crippen LogP contribution is -2.27. The highest BCUT2D eigenvalue weighted by molar-refractivity contribution is 5.99. The highest BCUT2D eigenvalue weighted by Crippen LogP contribution is 2.28. The van der Waals surface area contributed by atoms with Gasteiger partial charge >= 0.3 is 0 Å². The normalized spacial score (nSPS) is 14.8. The first-order chi connectivity index (χ1) is 8.19. The van der Waals surface area contributed by atoms with Crippen molar-refractivity contribution in [3.63, 3.8) is 0 Å². The van der Waals surface area contributed by atoms with Gasteiger partial charge in [-0.2, -0.15) is 0 Å². The Morgan fingerprint density at radius 2 is 2.18 bits per heavy atom. The number of carbonyl (C=O) groups is 1. The van der Waals surface area contributed by atoms with Crippen LogP contribution in [-0.2, 0) is 0 Å². The van der Waals surface area contributed by atoms with E-state index in [1.165, 1.54) is 0 Å². The zero-order valence-electron chi connectivity index (χ0n) is 9.13. The molecule has 0 amide bonds. The Hall–Kier alpha value is -1.69. The number of hydrogen-bond donors (Lipinski definition) is 4. The van der Waals surface area contributed by atoms with E-state index in [1.54, 1.807) is 24.4 Å². The highest BCUT2D eigenvalue weighted by Gasteiger charge is 2.20. The van der Waals surface area contributed by atoms with Crippen LogP contribution in [0.15, 0.2) is 24.4 Å². The van der Waals surface area contributed by atoms with E-state index in [-0.39, 0.29) is 6.54 Å². The molecule has 1 aromatic heterocycles. The number of H-pyrrole nitrogens is 1. The second-order valence-corrected chi connectivity index (χ2v) is 3.88. The number of aliphatic hydroxyl groups excluding tert-OH is 2. The fraction of sp³-hybridized carbons (Fsp3) is 0.250. The molecule has 0 bridgehead atoms. The second kappa shape index (κ2) is 4.67. The molecule has 0 aliphatic rings. The molecule has 17 heavy (non-hydrogen) atoms. The van der Waals surface area contributed by atoms with Crippen molar-refractivity contribution in [2.45, 2.75) is 12.2 Å². The van der Waals surface area contributed by atoms with E-state index in [4.69, 9.17) is 5.73 Å². The number of fused-ring (bicyclic) bond motifs is 1. The van der Waals surface area contributed by atoms with Crippen LogP contribution in [0.3, 0.4) is 0 Å². The minimum absolute atomic E-state index is 0.0433. The number of aromatic amines is 1. The number of aromatic nitrogens is 1. The molecule has 2 aromatic rings. The second-order valence-electron chi connectivity index (χ2n) is 3.88. The fourth-order valence-electron chi connectivity index (χ4n) is 1.92. The van der Waals surface area contributed by atoms with Gasteiger partial charge in [0, 0.05) is 29.2 Å². The van der Waals surface area contributed by atoms with Crippen molar-refractivity contribution >= 4 is 17.2 Å². The smallest absolute Gasteiger partial charge is 0.152 e. The molecule has 0 spiro atoms. The summed E-state index contributed by atoms with van der Waals surface area (Å²) in [6.45, 7) is -0.0433. The standard InChI is InChI=1S/C12H14N2O3/c13-4-10(16)12(17)8-2-1-3-9-11(8)7(6-15)5-14-9/h1-3,5-6,10,12,14,16-17H,4,13H2. The van der Waals surface area contributed by atoms with Crippen LogP contribution in [0.25, 0.3) is 10.9 Å². The molecular weight excluding hydrogens is 220 g/mol. The summed E-state index contributed by atoms with van der Waals surface area (Å²) >= 11 is 0. The molecular formula is C12H14N2O3. The topological polar surface area (TPSA) is 99.3 Å². The Morgan fingerprint density at radius 1 is 1.41 bits per heavy atom. The van der Waals surface area contributed by atoms with Crippen LogP contribution in [0.4, 0.5) is 0 Å². The summed E-state index contributed by atoms with van der Waals surface area (Å²) in [5, 5.41) is 20.2.